The van der Waals surface area contributed by atoms with Gasteiger partial charge in [0.1, 0.15) is 6.17 Å². The molecule has 1 amide bonds. The number of alkyl halides is 1. The van der Waals surface area contributed by atoms with Crippen LogP contribution in [0.4, 0.5) is 9.18 Å². The van der Waals surface area contributed by atoms with Crippen molar-refractivity contribution in [2.45, 2.75) is 25.1 Å². The van der Waals surface area contributed by atoms with Crippen LogP contribution in [0.15, 0.2) is 0 Å². The molecule has 1 heterocycles. The van der Waals surface area contributed by atoms with Crippen molar-refractivity contribution < 1.29 is 14.3 Å². The standard InChI is InChI=1S/C7H9FN2O2/c8-5-3-6(1-2-9)10(4-5)7(11)12/h5-6H,1,3-4H2,(H,11,12)/t5-,6-/m1/s1. The second kappa shape index (κ2) is 3.39. The first-order chi connectivity index (χ1) is 5.65. The van der Waals surface area contributed by atoms with Gasteiger partial charge in [-0.15, -0.1) is 0 Å². The molecule has 5 heteroatoms. The van der Waals surface area contributed by atoms with Crippen molar-refractivity contribution in [3.63, 3.8) is 0 Å². The van der Waals surface area contributed by atoms with E-state index in [4.69, 9.17) is 10.4 Å². The summed E-state index contributed by atoms with van der Waals surface area (Å²) in [6, 6.07) is 1.39. The van der Waals surface area contributed by atoms with E-state index in [2.05, 4.69) is 0 Å². The van der Waals surface area contributed by atoms with E-state index in [9.17, 15) is 9.18 Å². The molecular formula is C7H9FN2O2. The fourth-order valence-electron chi connectivity index (χ4n) is 1.39. The molecule has 1 rings (SSSR count). The number of amides is 1. The van der Waals surface area contributed by atoms with Crippen molar-refractivity contribution in [1.82, 2.24) is 4.90 Å². The van der Waals surface area contributed by atoms with Crippen molar-refractivity contribution in [3.05, 3.63) is 0 Å². The summed E-state index contributed by atoms with van der Waals surface area (Å²) in [5.41, 5.74) is 0. The van der Waals surface area contributed by atoms with Gasteiger partial charge in [0, 0.05) is 6.42 Å². The molecule has 2 atom stereocenters. The Bertz CT molecular complexity index is 226. The van der Waals surface area contributed by atoms with Gasteiger partial charge in [-0.3, -0.25) is 0 Å². The fraction of sp³-hybridized carbons (Fsp3) is 0.714. The summed E-state index contributed by atoms with van der Waals surface area (Å²) < 4.78 is 12.7. The van der Waals surface area contributed by atoms with Crippen molar-refractivity contribution in [2.75, 3.05) is 6.54 Å². The minimum absolute atomic E-state index is 0.0761. The van der Waals surface area contributed by atoms with E-state index >= 15 is 0 Å². The molecule has 0 unspecified atom stereocenters. The molecule has 4 nitrogen and oxygen atoms in total. The monoisotopic (exact) mass is 172 g/mol. The summed E-state index contributed by atoms with van der Waals surface area (Å²) >= 11 is 0. The van der Waals surface area contributed by atoms with Crippen LogP contribution in [-0.2, 0) is 0 Å². The minimum Gasteiger partial charge on any atom is -0.465 e. The Morgan fingerprint density at radius 2 is 2.50 bits per heavy atom. The highest BCUT2D eigenvalue weighted by molar-refractivity contribution is 5.66. The number of hydrogen-bond donors (Lipinski definition) is 1. The normalized spacial score (nSPS) is 28.5. The summed E-state index contributed by atoms with van der Waals surface area (Å²) in [6.45, 7) is -0.0956. The number of halogens is 1. The fourth-order valence-corrected chi connectivity index (χ4v) is 1.39. The molecule has 1 fully saturated rings. The number of carbonyl (C=O) groups is 1. The Labute approximate surface area is 69.2 Å². The van der Waals surface area contributed by atoms with Gasteiger partial charge in [0.15, 0.2) is 0 Å². The molecule has 0 aromatic heterocycles. The Hall–Kier alpha value is -1.31. The SMILES string of the molecule is N#CC[C@@H]1C[C@@H](F)CN1C(=O)O. The van der Waals surface area contributed by atoms with E-state index in [1.54, 1.807) is 0 Å². The summed E-state index contributed by atoms with van der Waals surface area (Å²) in [7, 11) is 0. The zero-order chi connectivity index (χ0) is 9.14. The minimum atomic E-state index is -1.14. The van der Waals surface area contributed by atoms with E-state index in [-0.39, 0.29) is 19.4 Å². The maximum absolute atomic E-state index is 12.7. The Kier molecular flexibility index (Phi) is 2.48. The lowest BCUT2D eigenvalue weighted by atomic mass is 10.1. The molecule has 0 radical (unpaired) electrons. The van der Waals surface area contributed by atoms with Crippen LogP contribution in [0.5, 0.6) is 0 Å². The number of rotatable bonds is 1. The third-order valence-corrected chi connectivity index (χ3v) is 1.94. The summed E-state index contributed by atoms with van der Waals surface area (Å²) in [5, 5.41) is 16.9. The highest BCUT2D eigenvalue weighted by atomic mass is 19.1. The summed E-state index contributed by atoms with van der Waals surface area (Å²) in [5.74, 6) is 0. The molecule has 1 aliphatic rings. The number of likely N-dealkylation sites (tertiary alicyclic amines) is 1. The van der Waals surface area contributed by atoms with E-state index in [0.29, 0.717) is 0 Å². The lowest BCUT2D eigenvalue weighted by Gasteiger charge is -2.17. The zero-order valence-corrected chi connectivity index (χ0v) is 6.40. The number of hydrogen-bond acceptors (Lipinski definition) is 2. The Morgan fingerprint density at radius 1 is 1.83 bits per heavy atom. The molecule has 1 saturated heterocycles. The number of carboxylic acid groups (broad SMARTS) is 1. The van der Waals surface area contributed by atoms with Crippen LogP contribution in [0.25, 0.3) is 0 Å². The van der Waals surface area contributed by atoms with Crippen LogP contribution in [0.2, 0.25) is 0 Å². The molecular weight excluding hydrogens is 163 g/mol. The highest BCUT2D eigenvalue weighted by Gasteiger charge is 2.34. The molecule has 0 spiro atoms. The van der Waals surface area contributed by atoms with E-state index in [1.165, 1.54) is 0 Å². The van der Waals surface area contributed by atoms with Gasteiger partial charge in [0.2, 0.25) is 0 Å². The van der Waals surface area contributed by atoms with Gasteiger partial charge < -0.3 is 10.0 Å². The average molecular weight is 172 g/mol. The first-order valence-corrected chi connectivity index (χ1v) is 3.65. The lowest BCUT2D eigenvalue weighted by molar-refractivity contribution is 0.138. The van der Waals surface area contributed by atoms with E-state index in [0.717, 1.165) is 4.90 Å². The molecule has 0 saturated carbocycles. The molecule has 0 aromatic rings. The van der Waals surface area contributed by atoms with Crippen molar-refractivity contribution in [3.8, 4) is 6.07 Å². The Morgan fingerprint density at radius 3 is 3.00 bits per heavy atom. The Balaban J connectivity index is 2.60. The molecule has 0 aromatic carbocycles. The van der Waals surface area contributed by atoms with Gasteiger partial charge in [0.25, 0.3) is 0 Å². The second-order valence-electron chi connectivity index (χ2n) is 2.78. The van der Waals surface area contributed by atoms with Crippen molar-refractivity contribution in [2.24, 2.45) is 0 Å². The van der Waals surface area contributed by atoms with Crippen molar-refractivity contribution >= 4 is 6.09 Å². The molecule has 1 aliphatic heterocycles. The zero-order valence-electron chi connectivity index (χ0n) is 6.40. The first kappa shape index (κ1) is 8.78. The predicted molar refractivity (Wildman–Crippen MR) is 38.3 cm³/mol. The quantitative estimate of drug-likeness (QED) is 0.641. The summed E-state index contributed by atoms with van der Waals surface area (Å²) in [6.07, 6.45) is -2.03. The first-order valence-electron chi connectivity index (χ1n) is 3.65. The third kappa shape index (κ3) is 1.64. The maximum Gasteiger partial charge on any atom is 0.407 e. The second-order valence-corrected chi connectivity index (χ2v) is 2.78. The van der Waals surface area contributed by atoms with Gasteiger partial charge in [-0.25, -0.2) is 9.18 Å². The molecule has 12 heavy (non-hydrogen) atoms. The average Bonchev–Trinajstić information content (AvgIpc) is 2.32. The largest absolute Gasteiger partial charge is 0.465 e. The van der Waals surface area contributed by atoms with E-state index in [1.807, 2.05) is 6.07 Å². The molecule has 66 valence electrons. The van der Waals surface area contributed by atoms with Crippen LogP contribution in [-0.4, -0.2) is 34.9 Å². The van der Waals surface area contributed by atoms with Gasteiger partial charge in [-0.2, -0.15) is 5.26 Å². The van der Waals surface area contributed by atoms with Crippen molar-refractivity contribution in [1.29, 1.82) is 5.26 Å². The third-order valence-electron chi connectivity index (χ3n) is 1.94. The van der Waals surface area contributed by atoms with Crippen LogP contribution in [0.1, 0.15) is 12.8 Å². The van der Waals surface area contributed by atoms with E-state index < -0.39 is 18.3 Å². The molecule has 0 aliphatic carbocycles. The van der Waals surface area contributed by atoms with Crippen LogP contribution in [0, 0.1) is 11.3 Å². The van der Waals surface area contributed by atoms with Gasteiger partial charge >= 0.3 is 6.09 Å². The van der Waals surface area contributed by atoms with Crippen LogP contribution < -0.4 is 0 Å². The topological polar surface area (TPSA) is 64.3 Å². The van der Waals surface area contributed by atoms with Gasteiger partial charge in [-0.05, 0) is 0 Å². The number of nitriles is 1. The summed E-state index contributed by atoms with van der Waals surface area (Å²) in [4.78, 5) is 11.5. The lowest BCUT2D eigenvalue weighted by Crippen LogP contribution is -2.34. The van der Waals surface area contributed by atoms with Gasteiger partial charge in [0.05, 0.1) is 25.1 Å². The highest BCUT2D eigenvalue weighted by Crippen LogP contribution is 2.22. The number of nitrogens with zero attached hydrogens (tertiary/aromatic N) is 2. The molecule has 1 N–H and O–H groups in total. The predicted octanol–water partition coefficient (Wildman–Crippen LogP) is 0.990. The maximum atomic E-state index is 12.7. The van der Waals surface area contributed by atoms with Gasteiger partial charge in [-0.1, -0.05) is 0 Å². The molecule has 0 bridgehead atoms. The van der Waals surface area contributed by atoms with Crippen LogP contribution >= 0.6 is 0 Å². The van der Waals surface area contributed by atoms with Crippen LogP contribution in [0.3, 0.4) is 0 Å². The smallest absolute Gasteiger partial charge is 0.407 e.